The number of benzene rings is 1. The van der Waals surface area contributed by atoms with Crippen molar-refractivity contribution in [3.05, 3.63) is 27.3 Å². The van der Waals surface area contributed by atoms with Gasteiger partial charge in [-0.2, -0.15) is 0 Å². The summed E-state index contributed by atoms with van der Waals surface area (Å²) in [6.45, 7) is 4.87. The third-order valence-electron chi connectivity index (χ3n) is 3.22. The standard InChI is InChI=1S/C14H20N4O2S/c1-9(5-6-17(3)4)15-11-7-12-14(21-10(2)16-12)8-13(11)18(19)20/h7-9,15H,5-6H2,1-4H3. The van der Waals surface area contributed by atoms with E-state index in [9.17, 15) is 10.1 Å². The van der Waals surface area contributed by atoms with Gasteiger partial charge in [-0.05, 0) is 47.0 Å². The van der Waals surface area contributed by atoms with Gasteiger partial charge < -0.3 is 10.2 Å². The van der Waals surface area contributed by atoms with E-state index in [4.69, 9.17) is 0 Å². The van der Waals surface area contributed by atoms with E-state index < -0.39 is 0 Å². The topological polar surface area (TPSA) is 71.3 Å². The van der Waals surface area contributed by atoms with Crippen LogP contribution < -0.4 is 5.32 Å². The Balaban J connectivity index is 2.28. The highest BCUT2D eigenvalue weighted by Gasteiger charge is 2.18. The lowest BCUT2D eigenvalue weighted by Gasteiger charge is -2.17. The Labute approximate surface area is 127 Å². The molecule has 2 aromatic rings. The molecule has 0 amide bonds. The molecule has 0 bridgehead atoms. The average Bonchev–Trinajstić information content (AvgIpc) is 2.74. The summed E-state index contributed by atoms with van der Waals surface area (Å²) in [5.41, 5.74) is 1.47. The van der Waals surface area contributed by atoms with Crippen molar-refractivity contribution in [3.8, 4) is 0 Å². The molecule has 0 aliphatic heterocycles. The Morgan fingerprint density at radius 2 is 2.19 bits per heavy atom. The highest BCUT2D eigenvalue weighted by atomic mass is 32.1. The van der Waals surface area contributed by atoms with Crippen LogP contribution in [0.1, 0.15) is 18.4 Å². The highest BCUT2D eigenvalue weighted by Crippen LogP contribution is 2.33. The molecule has 0 spiro atoms. The molecule has 7 heteroatoms. The molecule has 1 unspecified atom stereocenters. The second-order valence-corrected chi connectivity index (χ2v) is 6.70. The minimum Gasteiger partial charge on any atom is -0.377 e. The smallest absolute Gasteiger partial charge is 0.293 e. The second kappa shape index (κ2) is 6.36. The maximum absolute atomic E-state index is 11.3. The molecule has 0 saturated carbocycles. The monoisotopic (exact) mass is 308 g/mol. The number of nitro groups is 1. The molecule has 1 heterocycles. The molecule has 1 N–H and O–H groups in total. The maximum atomic E-state index is 11.3. The first-order chi connectivity index (χ1) is 9.86. The van der Waals surface area contributed by atoms with Gasteiger partial charge in [-0.25, -0.2) is 4.98 Å². The van der Waals surface area contributed by atoms with Crippen molar-refractivity contribution in [1.82, 2.24) is 9.88 Å². The number of thiazole rings is 1. The maximum Gasteiger partial charge on any atom is 0.293 e. The largest absolute Gasteiger partial charge is 0.377 e. The molecule has 0 aliphatic carbocycles. The first-order valence-electron chi connectivity index (χ1n) is 6.83. The van der Waals surface area contributed by atoms with Gasteiger partial charge in [-0.3, -0.25) is 10.1 Å². The van der Waals surface area contributed by atoms with Gasteiger partial charge >= 0.3 is 0 Å². The van der Waals surface area contributed by atoms with Crippen LogP contribution in [0.5, 0.6) is 0 Å². The number of nitro benzene ring substituents is 1. The van der Waals surface area contributed by atoms with E-state index >= 15 is 0 Å². The Bertz CT molecular complexity index is 654. The number of anilines is 1. The molecule has 2 rings (SSSR count). The van der Waals surface area contributed by atoms with E-state index in [0.29, 0.717) is 5.69 Å². The molecule has 0 saturated heterocycles. The van der Waals surface area contributed by atoms with Crippen molar-refractivity contribution in [2.24, 2.45) is 0 Å². The van der Waals surface area contributed by atoms with E-state index in [-0.39, 0.29) is 16.7 Å². The minimum atomic E-state index is -0.338. The summed E-state index contributed by atoms with van der Waals surface area (Å²) in [7, 11) is 4.03. The summed E-state index contributed by atoms with van der Waals surface area (Å²) in [4.78, 5) is 17.4. The van der Waals surface area contributed by atoms with Crippen LogP contribution in [0.2, 0.25) is 0 Å². The zero-order chi connectivity index (χ0) is 15.6. The van der Waals surface area contributed by atoms with Gasteiger partial charge in [0.05, 0.1) is 20.1 Å². The summed E-state index contributed by atoms with van der Waals surface area (Å²) in [6, 6.07) is 3.55. The highest BCUT2D eigenvalue weighted by molar-refractivity contribution is 7.18. The van der Waals surface area contributed by atoms with Crippen LogP contribution in [0, 0.1) is 17.0 Å². The Morgan fingerprint density at radius 1 is 1.48 bits per heavy atom. The molecule has 1 atom stereocenters. The number of aryl methyl sites for hydroxylation is 1. The number of aromatic nitrogens is 1. The van der Waals surface area contributed by atoms with Crippen molar-refractivity contribution >= 4 is 32.9 Å². The lowest BCUT2D eigenvalue weighted by atomic mass is 10.2. The normalized spacial score (nSPS) is 12.8. The number of fused-ring (bicyclic) bond motifs is 1. The van der Waals surface area contributed by atoms with E-state index in [1.807, 2.05) is 27.9 Å². The van der Waals surface area contributed by atoms with Gasteiger partial charge in [0.15, 0.2) is 0 Å². The van der Waals surface area contributed by atoms with Crippen molar-refractivity contribution in [2.75, 3.05) is 26.0 Å². The molecular formula is C14H20N4O2S. The van der Waals surface area contributed by atoms with E-state index in [2.05, 4.69) is 15.2 Å². The molecule has 114 valence electrons. The summed E-state index contributed by atoms with van der Waals surface area (Å²) in [5.74, 6) is 0. The molecule has 21 heavy (non-hydrogen) atoms. The number of nitrogens with zero attached hydrogens (tertiary/aromatic N) is 3. The summed E-state index contributed by atoms with van der Waals surface area (Å²) >= 11 is 1.48. The molecule has 1 aromatic carbocycles. The third-order valence-corrected chi connectivity index (χ3v) is 4.15. The van der Waals surface area contributed by atoms with Gasteiger partial charge in [0.1, 0.15) is 5.69 Å². The van der Waals surface area contributed by atoms with Crippen LogP contribution in [0.4, 0.5) is 11.4 Å². The van der Waals surface area contributed by atoms with Crippen molar-refractivity contribution in [2.45, 2.75) is 26.3 Å². The van der Waals surface area contributed by atoms with Crippen LogP contribution in [-0.4, -0.2) is 41.5 Å². The zero-order valence-electron chi connectivity index (χ0n) is 12.7. The van der Waals surface area contributed by atoms with Gasteiger partial charge in [-0.15, -0.1) is 11.3 Å². The molecule has 1 aromatic heterocycles. The fraction of sp³-hybridized carbons (Fsp3) is 0.500. The SMILES string of the molecule is Cc1nc2cc(NC(C)CCN(C)C)c([N+](=O)[O-])cc2s1. The zero-order valence-corrected chi connectivity index (χ0v) is 13.5. The fourth-order valence-corrected chi connectivity index (χ4v) is 2.98. The quantitative estimate of drug-likeness (QED) is 0.655. The summed E-state index contributed by atoms with van der Waals surface area (Å²) < 4.78 is 0.852. The van der Waals surface area contributed by atoms with Crippen molar-refractivity contribution < 1.29 is 4.92 Å². The second-order valence-electron chi connectivity index (χ2n) is 5.46. The summed E-state index contributed by atoms with van der Waals surface area (Å²) in [6.07, 6.45) is 0.915. The number of rotatable bonds is 6. The third kappa shape index (κ3) is 3.89. The van der Waals surface area contributed by atoms with Crippen LogP contribution in [0.25, 0.3) is 10.2 Å². The lowest BCUT2D eigenvalue weighted by Crippen LogP contribution is -2.23. The fourth-order valence-electron chi connectivity index (χ4n) is 2.13. The number of nitrogens with one attached hydrogen (secondary N) is 1. The van der Waals surface area contributed by atoms with Crippen LogP contribution in [0.3, 0.4) is 0 Å². The first-order valence-corrected chi connectivity index (χ1v) is 7.65. The number of hydrogen-bond donors (Lipinski definition) is 1. The average molecular weight is 308 g/mol. The predicted molar refractivity (Wildman–Crippen MR) is 87.3 cm³/mol. The van der Waals surface area contributed by atoms with Crippen LogP contribution in [0.15, 0.2) is 12.1 Å². The minimum absolute atomic E-state index is 0.114. The Kier molecular flexibility index (Phi) is 4.74. The number of hydrogen-bond acceptors (Lipinski definition) is 6. The Morgan fingerprint density at radius 3 is 2.81 bits per heavy atom. The van der Waals surface area contributed by atoms with Gasteiger partial charge in [0.25, 0.3) is 5.69 Å². The molecule has 6 nitrogen and oxygen atoms in total. The molecule has 0 fully saturated rings. The molecule has 0 aliphatic rings. The van der Waals surface area contributed by atoms with Gasteiger partial charge in [-0.1, -0.05) is 0 Å². The van der Waals surface area contributed by atoms with Crippen LogP contribution >= 0.6 is 11.3 Å². The van der Waals surface area contributed by atoms with Gasteiger partial charge in [0, 0.05) is 12.1 Å². The molecular weight excluding hydrogens is 288 g/mol. The van der Waals surface area contributed by atoms with Crippen molar-refractivity contribution in [3.63, 3.8) is 0 Å². The van der Waals surface area contributed by atoms with Gasteiger partial charge in [0.2, 0.25) is 0 Å². The Hall–Kier alpha value is -1.73. The van der Waals surface area contributed by atoms with Crippen LogP contribution in [-0.2, 0) is 0 Å². The van der Waals surface area contributed by atoms with E-state index in [1.165, 1.54) is 11.3 Å². The first kappa shape index (κ1) is 15.7. The van der Waals surface area contributed by atoms with Crippen molar-refractivity contribution in [1.29, 1.82) is 0 Å². The van der Waals surface area contributed by atoms with E-state index in [1.54, 1.807) is 12.1 Å². The predicted octanol–water partition coefficient (Wildman–Crippen LogP) is 3.27. The summed E-state index contributed by atoms with van der Waals surface area (Å²) in [5, 5.41) is 15.4. The van der Waals surface area contributed by atoms with E-state index in [0.717, 1.165) is 28.2 Å². The molecule has 0 radical (unpaired) electrons. The lowest BCUT2D eigenvalue weighted by molar-refractivity contribution is -0.383.